The van der Waals surface area contributed by atoms with Gasteiger partial charge in [0, 0.05) is 21.5 Å². The van der Waals surface area contributed by atoms with Gasteiger partial charge in [0.15, 0.2) is 0 Å². The third-order valence-electron chi connectivity index (χ3n) is 1.62. The van der Waals surface area contributed by atoms with Crippen LogP contribution >= 0.6 is 27.5 Å². The Hall–Kier alpha value is -0.980. The van der Waals surface area contributed by atoms with Gasteiger partial charge in [-0.2, -0.15) is 0 Å². The summed E-state index contributed by atoms with van der Waals surface area (Å²) < 4.78 is 0.817. The van der Waals surface area contributed by atoms with Crippen LogP contribution in [0.15, 0.2) is 22.7 Å². The number of hydrogen-bond donors (Lipinski definition) is 1. The molecule has 0 aliphatic carbocycles. The van der Waals surface area contributed by atoms with E-state index in [0.29, 0.717) is 11.4 Å². The first-order chi connectivity index (χ1) is 7.09. The first-order valence-corrected chi connectivity index (χ1v) is 5.42. The highest BCUT2D eigenvalue weighted by Gasteiger charge is 1.97. The summed E-state index contributed by atoms with van der Waals surface area (Å²) in [7, 11) is 0. The maximum atomic E-state index is 10.2. The van der Waals surface area contributed by atoms with Crippen LogP contribution in [0.1, 0.15) is 18.4 Å². The third-order valence-corrected chi connectivity index (χ3v) is 2.51. The first kappa shape index (κ1) is 12.1. The molecule has 15 heavy (non-hydrogen) atoms. The number of hydrogen-bond acceptors (Lipinski definition) is 1. The maximum Gasteiger partial charge on any atom is 0.304 e. The molecule has 0 fully saturated rings. The Bertz CT molecular complexity index is 432. The quantitative estimate of drug-likeness (QED) is 0.847. The maximum absolute atomic E-state index is 10.2. The lowest BCUT2D eigenvalue weighted by Gasteiger charge is -1.95. The van der Waals surface area contributed by atoms with Crippen LogP contribution < -0.4 is 0 Å². The van der Waals surface area contributed by atoms with Gasteiger partial charge in [-0.25, -0.2) is 0 Å². The van der Waals surface area contributed by atoms with Gasteiger partial charge < -0.3 is 5.11 Å². The summed E-state index contributed by atoms with van der Waals surface area (Å²) in [5, 5.41) is 9.04. The second-order valence-corrected chi connectivity index (χ2v) is 4.11. The molecule has 4 heteroatoms. The molecule has 0 unspecified atom stereocenters. The van der Waals surface area contributed by atoms with E-state index >= 15 is 0 Å². The fourth-order valence-corrected chi connectivity index (χ4v) is 1.70. The average molecular weight is 288 g/mol. The van der Waals surface area contributed by atoms with Crippen molar-refractivity contribution in [2.75, 3.05) is 0 Å². The number of aliphatic carboxylic acids is 1. The highest BCUT2D eigenvalue weighted by Crippen LogP contribution is 2.20. The van der Waals surface area contributed by atoms with Gasteiger partial charge >= 0.3 is 5.97 Å². The number of benzene rings is 1. The minimum Gasteiger partial charge on any atom is -0.481 e. The second-order valence-electron chi connectivity index (χ2n) is 2.82. The lowest BCUT2D eigenvalue weighted by Crippen LogP contribution is -1.91. The summed E-state index contributed by atoms with van der Waals surface area (Å²) in [5.74, 6) is 4.83. The molecule has 1 rings (SSSR count). The molecule has 1 aromatic carbocycles. The van der Waals surface area contributed by atoms with E-state index < -0.39 is 5.97 Å². The summed E-state index contributed by atoms with van der Waals surface area (Å²) >= 11 is 9.09. The lowest BCUT2D eigenvalue weighted by atomic mass is 10.2. The zero-order valence-corrected chi connectivity index (χ0v) is 10.1. The SMILES string of the molecule is O=C(O)CCC#Cc1ccc(Cl)cc1Br. The number of carbonyl (C=O) groups is 1. The fraction of sp³-hybridized carbons (Fsp3) is 0.182. The highest BCUT2D eigenvalue weighted by molar-refractivity contribution is 9.10. The van der Waals surface area contributed by atoms with Crippen molar-refractivity contribution < 1.29 is 9.90 Å². The van der Waals surface area contributed by atoms with Gasteiger partial charge in [0.1, 0.15) is 0 Å². The first-order valence-electron chi connectivity index (χ1n) is 4.25. The van der Waals surface area contributed by atoms with Crippen LogP contribution in [0.4, 0.5) is 0 Å². The van der Waals surface area contributed by atoms with Crippen LogP contribution in [-0.4, -0.2) is 11.1 Å². The van der Waals surface area contributed by atoms with E-state index in [0.717, 1.165) is 10.0 Å². The fourth-order valence-electron chi connectivity index (χ4n) is 0.918. The molecule has 0 heterocycles. The van der Waals surface area contributed by atoms with Gasteiger partial charge in [-0.1, -0.05) is 23.4 Å². The minimum absolute atomic E-state index is 0.0677. The van der Waals surface area contributed by atoms with Gasteiger partial charge in [-0.15, -0.1) is 0 Å². The van der Waals surface area contributed by atoms with Crippen LogP contribution in [0.25, 0.3) is 0 Å². The van der Waals surface area contributed by atoms with Crippen molar-refractivity contribution in [1.82, 2.24) is 0 Å². The molecule has 0 atom stereocenters. The molecule has 1 aromatic rings. The van der Waals surface area contributed by atoms with Crippen LogP contribution in [0, 0.1) is 11.8 Å². The number of halogens is 2. The van der Waals surface area contributed by atoms with Gasteiger partial charge in [-0.3, -0.25) is 4.79 Å². The zero-order chi connectivity index (χ0) is 11.3. The Balaban J connectivity index is 2.67. The van der Waals surface area contributed by atoms with Crippen LogP contribution in [-0.2, 0) is 4.79 Å². The smallest absolute Gasteiger partial charge is 0.304 e. The molecular weight excluding hydrogens is 279 g/mol. The van der Waals surface area contributed by atoms with E-state index in [4.69, 9.17) is 16.7 Å². The molecule has 2 nitrogen and oxygen atoms in total. The number of rotatable bonds is 2. The lowest BCUT2D eigenvalue weighted by molar-refractivity contribution is -0.136. The molecule has 0 amide bonds. The van der Waals surface area contributed by atoms with Crippen LogP contribution in [0.5, 0.6) is 0 Å². The van der Waals surface area contributed by atoms with Gasteiger partial charge in [0.2, 0.25) is 0 Å². The van der Waals surface area contributed by atoms with Crippen molar-refractivity contribution >= 4 is 33.5 Å². The molecule has 78 valence electrons. The molecular formula is C11H8BrClO2. The summed E-state index contributed by atoms with van der Waals surface area (Å²) in [6.07, 6.45) is 0.419. The Morgan fingerprint density at radius 1 is 1.53 bits per heavy atom. The predicted octanol–water partition coefficient (Wildman–Crippen LogP) is 3.32. The zero-order valence-electron chi connectivity index (χ0n) is 7.76. The molecule has 0 aliphatic rings. The van der Waals surface area contributed by atoms with E-state index in [-0.39, 0.29) is 6.42 Å². The summed E-state index contributed by atoms with van der Waals surface area (Å²) in [6, 6.07) is 5.29. The normalized spacial score (nSPS) is 9.20. The van der Waals surface area contributed by atoms with Gasteiger partial charge in [0.05, 0.1) is 6.42 Å². The molecule has 0 radical (unpaired) electrons. The molecule has 0 spiro atoms. The summed E-state index contributed by atoms with van der Waals surface area (Å²) in [6.45, 7) is 0. The van der Waals surface area contributed by atoms with Crippen molar-refractivity contribution in [2.45, 2.75) is 12.8 Å². The number of carboxylic acids is 1. The monoisotopic (exact) mass is 286 g/mol. The Labute approximate surface area is 101 Å². The molecule has 0 aliphatic heterocycles. The minimum atomic E-state index is -0.834. The third kappa shape index (κ3) is 4.37. The van der Waals surface area contributed by atoms with E-state index in [1.807, 2.05) is 0 Å². The van der Waals surface area contributed by atoms with Crippen molar-refractivity contribution in [3.8, 4) is 11.8 Å². The van der Waals surface area contributed by atoms with Crippen LogP contribution in [0.2, 0.25) is 5.02 Å². The van der Waals surface area contributed by atoms with E-state index in [2.05, 4.69) is 27.8 Å². The van der Waals surface area contributed by atoms with Gasteiger partial charge in [-0.05, 0) is 34.1 Å². The Kier molecular flexibility index (Phi) is 4.67. The largest absolute Gasteiger partial charge is 0.481 e. The van der Waals surface area contributed by atoms with E-state index in [1.165, 1.54) is 0 Å². The van der Waals surface area contributed by atoms with Gasteiger partial charge in [0.25, 0.3) is 0 Å². The molecule has 0 saturated heterocycles. The molecule has 0 aromatic heterocycles. The predicted molar refractivity (Wildman–Crippen MR) is 62.9 cm³/mol. The second kappa shape index (κ2) is 5.79. The molecule has 0 saturated carbocycles. The Morgan fingerprint density at radius 3 is 2.87 bits per heavy atom. The Morgan fingerprint density at radius 2 is 2.27 bits per heavy atom. The highest BCUT2D eigenvalue weighted by atomic mass is 79.9. The average Bonchev–Trinajstić information content (AvgIpc) is 2.14. The molecule has 1 N–H and O–H groups in total. The number of carboxylic acid groups (broad SMARTS) is 1. The van der Waals surface area contributed by atoms with Crippen LogP contribution in [0.3, 0.4) is 0 Å². The molecule has 0 bridgehead atoms. The standard InChI is InChI=1S/C11H8BrClO2/c12-10-7-9(13)6-5-8(10)3-1-2-4-11(14)15/h5-7H,2,4H2,(H,14,15). The topological polar surface area (TPSA) is 37.3 Å². The van der Waals surface area contributed by atoms with Crippen molar-refractivity contribution in [3.05, 3.63) is 33.3 Å². The van der Waals surface area contributed by atoms with E-state index in [1.54, 1.807) is 18.2 Å². The van der Waals surface area contributed by atoms with E-state index in [9.17, 15) is 4.79 Å². The van der Waals surface area contributed by atoms with Crippen molar-refractivity contribution in [2.24, 2.45) is 0 Å². The van der Waals surface area contributed by atoms with Crippen molar-refractivity contribution in [1.29, 1.82) is 0 Å². The van der Waals surface area contributed by atoms with Crippen molar-refractivity contribution in [3.63, 3.8) is 0 Å². The summed E-state index contributed by atoms with van der Waals surface area (Å²) in [4.78, 5) is 10.2. The summed E-state index contributed by atoms with van der Waals surface area (Å²) in [5.41, 5.74) is 0.810.